The minimum atomic E-state index is 0.462. The Morgan fingerprint density at radius 2 is 2.03 bits per heavy atom. The Bertz CT molecular complexity index is 1040. The number of likely N-dealkylation sites (tertiary alicyclic amines) is 1. The zero-order valence-corrected chi connectivity index (χ0v) is 17.4. The minimum Gasteiger partial charge on any atom is -0.462 e. The van der Waals surface area contributed by atoms with Gasteiger partial charge < -0.3 is 14.5 Å². The quantitative estimate of drug-likeness (QED) is 0.643. The van der Waals surface area contributed by atoms with Crippen LogP contribution in [0, 0.1) is 0 Å². The third kappa shape index (κ3) is 3.65. The van der Waals surface area contributed by atoms with E-state index in [0.29, 0.717) is 18.7 Å². The Kier molecular flexibility index (Phi) is 5.02. The standard InChI is InChI=1S/C23H25ClN4O/c1-27-11-4-7-18(27)15-29-23-25-13-17-10-12-28(14-20(17)26-23)21-9-3-6-16-5-2-8-19(24)22(16)21/h2-3,5-6,8-9,13,18H,4,7,10-12,14-15H2,1H3/t18-/m0/s1. The lowest BCUT2D eigenvalue weighted by molar-refractivity contribution is 0.187. The highest BCUT2D eigenvalue weighted by molar-refractivity contribution is 6.36. The molecular formula is C23H25ClN4O. The molecule has 3 aromatic rings. The molecule has 5 rings (SSSR count). The van der Waals surface area contributed by atoms with Crippen LogP contribution in [0.1, 0.15) is 24.1 Å². The highest BCUT2D eigenvalue weighted by Gasteiger charge is 2.24. The van der Waals surface area contributed by atoms with Crippen molar-refractivity contribution in [2.24, 2.45) is 0 Å². The number of aromatic nitrogens is 2. The van der Waals surface area contributed by atoms with Crippen molar-refractivity contribution in [1.82, 2.24) is 14.9 Å². The van der Waals surface area contributed by atoms with Crippen LogP contribution in [0.5, 0.6) is 6.01 Å². The van der Waals surface area contributed by atoms with Crippen molar-refractivity contribution in [2.75, 3.05) is 31.6 Å². The van der Waals surface area contributed by atoms with E-state index in [4.69, 9.17) is 21.3 Å². The Hall–Kier alpha value is -2.37. The van der Waals surface area contributed by atoms with E-state index >= 15 is 0 Å². The van der Waals surface area contributed by atoms with Crippen LogP contribution in [0.15, 0.2) is 42.6 Å². The average Bonchev–Trinajstić information content (AvgIpc) is 3.16. The zero-order chi connectivity index (χ0) is 19.8. The van der Waals surface area contributed by atoms with Gasteiger partial charge in [0.1, 0.15) is 6.61 Å². The Labute approximate surface area is 176 Å². The van der Waals surface area contributed by atoms with Gasteiger partial charge in [-0.05, 0) is 55.9 Å². The molecule has 150 valence electrons. The number of halogens is 1. The van der Waals surface area contributed by atoms with Crippen LogP contribution < -0.4 is 9.64 Å². The molecule has 1 fully saturated rings. The summed E-state index contributed by atoms with van der Waals surface area (Å²) in [5, 5.41) is 3.05. The largest absolute Gasteiger partial charge is 0.462 e. The van der Waals surface area contributed by atoms with Gasteiger partial charge in [-0.1, -0.05) is 35.9 Å². The molecule has 0 spiro atoms. The summed E-state index contributed by atoms with van der Waals surface area (Å²) in [7, 11) is 2.15. The van der Waals surface area contributed by atoms with Crippen molar-refractivity contribution in [3.8, 4) is 6.01 Å². The normalized spacial score (nSPS) is 19.5. The lowest BCUT2D eigenvalue weighted by Crippen LogP contribution is -2.32. The summed E-state index contributed by atoms with van der Waals surface area (Å²) < 4.78 is 5.95. The van der Waals surface area contributed by atoms with Gasteiger partial charge in [-0.25, -0.2) is 4.98 Å². The maximum absolute atomic E-state index is 6.55. The fraction of sp³-hybridized carbons (Fsp3) is 0.391. The second kappa shape index (κ2) is 7.81. The average molecular weight is 409 g/mol. The molecule has 0 saturated carbocycles. The molecule has 29 heavy (non-hydrogen) atoms. The second-order valence-corrected chi connectivity index (χ2v) is 8.41. The van der Waals surface area contributed by atoms with Gasteiger partial charge in [0, 0.05) is 29.9 Å². The molecule has 1 atom stereocenters. The highest BCUT2D eigenvalue weighted by Crippen LogP contribution is 2.35. The van der Waals surface area contributed by atoms with Crippen LogP contribution in [0.25, 0.3) is 10.8 Å². The van der Waals surface area contributed by atoms with Crippen LogP contribution in [-0.4, -0.2) is 47.7 Å². The molecule has 6 heteroatoms. The number of likely N-dealkylation sites (N-methyl/N-ethyl adjacent to an activating group) is 1. The van der Waals surface area contributed by atoms with Crippen LogP contribution in [0.4, 0.5) is 5.69 Å². The first kappa shape index (κ1) is 18.6. The third-order valence-corrected chi connectivity index (χ3v) is 6.49. The van der Waals surface area contributed by atoms with E-state index in [9.17, 15) is 0 Å². The van der Waals surface area contributed by atoms with Crippen LogP contribution >= 0.6 is 11.6 Å². The van der Waals surface area contributed by atoms with Gasteiger partial charge in [-0.15, -0.1) is 0 Å². The van der Waals surface area contributed by atoms with Gasteiger partial charge in [0.05, 0.1) is 17.3 Å². The highest BCUT2D eigenvalue weighted by atomic mass is 35.5. The molecule has 3 heterocycles. The molecule has 0 amide bonds. The predicted molar refractivity (Wildman–Crippen MR) is 117 cm³/mol. The first-order valence-corrected chi connectivity index (χ1v) is 10.7. The molecule has 2 aliphatic heterocycles. The first-order chi connectivity index (χ1) is 14.2. The zero-order valence-electron chi connectivity index (χ0n) is 16.6. The number of benzene rings is 2. The SMILES string of the molecule is CN1CCC[C@H]1COc1ncc2c(n1)CN(c1cccc3cccc(Cl)c13)CC2. The maximum Gasteiger partial charge on any atom is 0.316 e. The molecule has 1 saturated heterocycles. The maximum atomic E-state index is 6.55. The van der Waals surface area contributed by atoms with E-state index in [2.05, 4.69) is 46.1 Å². The summed E-state index contributed by atoms with van der Waals surface area (Å²) >= 11 is 6.55. The molecule has 5 nitrogen and oxygen atoms in total. The number of ether oxygens (including phenoxy) is 1. The van der Waals surface area contributed by atoms with E-state index in [1.165, 1.54) is 18.4 Å². The molecule has 0 N–H and O–H groups in total. The fourth-order valence-corrected chi connectivity index (χ4v) is 4.74. The summed E-state index contributed by atoms with van der Waals surface area (Å²) in [6.07, 6.45) is 5.26. The van der Waals surface area contributed by atoms with Crippen LogP contribution in [0.2, 0.25) is 5.02 Å². The van der Waals surface area contributed by atoms with Crippen molar-refractivity contribution in [3.05, 3.63) is 58.9 Å². The molecule has 0 aliphatic carbocycles. The smallest absolute Gasteiger partial charge is 0.316 e. The lowest BCUT2D eigenvalue weighted by atomic mass is 10.0. The summed E-state index contributed by atoms with van der Waals surface area (Å²) in [6, 6.07) is 13.4. The molecular weight excluding hydrogens is 384 g/mol. The van der Waals surface area contributed by atoms with Gasteiger partial charge in [0.15, 0.2) is 0 Å². The number of anilines is 1. The van der Waals surface area contributed by atoms with E-state index in [1.807, 2.05) is 18.3 Å². The Morgan fingerprint density at radius 3 is 2.86 bits per heavy atom. The fourth-order valence-electron chi connectivity index (χ4n) is 4.46. The molecule has 0 bridgehead atoms. The van der Waals surface area contributed by atoms with Crippen molar-refractivity contribution in [1.29, 1.82) is 0 Å². The second-order valence-electron chi connectivity index (χ2n) is 8.00. The van der Waals surface area contributed by atoms with E-state index in [-0.39, 0.29) is 0 Å². The van der Waals surface area contributed by atoms with Crippen molar-refractivity contribution in [2.45, 2.75) is 31.8 Å². The van der Waals surface area contributed by atoms with Gasteiger partial charge in [-0.3, -0.25) is 0 Å². The van der Waals surface area contributed by atoms with Gasteiger partial charge in [0.25, 0.3) is 0 Å². The van der Waals surface area contributed by atoms with Gasteiger partial charge in [0.2, 0.25) is 0 Å². The Morgan fingerprint density at radius 1 is 1.17 bits per heavy atom. The Balaban J connectivity index is 1.38. The van der Waals surface area contributed by atoms with Crippen molar-refractivity contribution in [3.63, 3.8) is 0 Å². The monoisotopic (exact) mass is 408 g/mol. The number of hydrogen-bond donors (Lipinski definition) is 0. The predicted octanol–water partition coefficient (Wildman–Crippen LogP) is 4.32. The molecule has 0 unspecified atom stereocenters. The van der Waals surface area contributed by atoms with Crippen LogP contribution in [0.3, 0.4) is 0 Å². The van der Waals surface area contributed by atoms with E-state index < -0.39 is 0 Å². The topological polar surface area (TPSA) is 41.5 Å². The lowest BCUT2D eigenvalue weighted by Gasteiger charge is -2.31. The number of hydrogen-bond acceptors (Lipinski definition) is 5. The van der Waals surface area contributed by atoms with E-state index in [0.717, 1.165) is 53.2 Å². The summed E-state index contributed by atoms with van der Waals surface area (Å²) in [5.41, 5.74) is 3.41. The summed E-state index contributed by atoms with van der Waals surface area (Å²) in [6.45, 7) is 3.45. The first-order valence-electron chi connectivity index (χ1n) is 10.3. The third-order valence-electron chi connectivity index (χ3n) is 6.17. The van der Waals surface area contributed by atoms with Crippen molar-refractivity contribution < 1.29 is 4.74 Å². The van der Waals surface area contributed by atoms with E-state index in [1.54, 1.807) is 0 Å². The summed E-state index contributed by atoms with van der Waals surface area (Å²) in [5.74, 6) is 0. The number of nitrogens with zero attached hydrogens (tertiary/aromatic N) is 4. The van der Waals surface area contributed by atoms with Gasteiger partial charge in [-0.2, -0.15) is 4.98 Å². The molecule has 2 aliphatic rings. The molecule has 2 aromatic carbocycles. The number of fused-ring (bicyclic) bond motifs is 2. The summed E-state index contributed by atoms with van der Waals surface area (Å²) in [4.78, 5) is 13.9. The minimum absolute atomic E-state index is 0.462. The molecule has 0 radical (unpaired) electrons. The van der Waals surface area contributed by atoms with Crippen LogP contribution in [-0.2, 0) is 13.0 Å². The van der Waals surface area contributed by atoms with Gasteiger partial charge >= 0.3 is 6.01 Å². The molecule has 1 aromatic heterocycles. The number of rotatable bonds is 4. The van der Waals surface area contributed by atoms with Crippen molar-refractivity contribution >= 4 is 28.1 Å².